The van der Waals surface area contributed by atoms with Gasteiger partial charge in [-0.05, 0) is 48.4 Å². The Morgan fingerprint density at radius 1 is 1.00 bits per heavy atom. The van der Waals surface area contributed by atoms with Crippen LogP contribution < -0.4 is 10.9 Å². The fraction of sp³-hybridized carbons (Fsp3) is 0.120. The van der Waals surface area contributed by atoms with Crippen LogP contribution in [-0.4, -0.2) is 21.5 Å². The van der Waals surface area contributed by atoms with Crippen LogP contribution in [0, 0.1) is 36.0 Å². The highest BCUT2D eigenvalue weighted by Gasteiger charge is 2.19. The summed E-state index contributed by atoms with van der Waals surface area (Å²) in [6.45, 7) is 5.24. The van der Waals surface area contributed by atoms with E-state index in [0.717, 1.165) is 22.9 Å². The van der Waals surface area contributed by atoms with Crippen molar-refractivity contribution in [2.24, 2.45) is 0 Å². The molecule has 0 bridgehead atoms. The third kappa shape index (κ3) is 4.72. The molecular weight excluding hydrogens is 467 g/mol. The molecule has 5 nitrogen and oxygen atoms in total. The van der Waals surface area contributed by atoms with Gasteiger partial charge in [0.25, 0.3) is 0 Å². The van der Waals surface area contributed by atoms with E-state index in [0.29, 0.717) is 22.5 Å². The Morgan fingerprint density at radius 2 is 1.69 bits per heavy atom. The first-order valence-electron chi connectivity index (χ1n) is 10.3. The van der Waals surface area contributed by atoms with Gasteiger partial charge in [-0.25, -0.2) is 17.6 Å². The van der Waals surface area contributed by atoms with Gasteiger partial charge in [0.2, 0.25) is 11.8 Å². The van der Waals surface area contributed by atoms with Gasteiger partial charge < -0.3 is 14.8 Å². The Hall–Kier alpha value is -4.21. The van der Waals surface area contributed by atoms with E-state index in [1.54, 1.807) is 37.2 Å². The summed E-state index contributed by atoms with van der Waals surface area (Å²) in [7, 11) is 1.76. The average molecular weight is 486 g/mol. The van der Waals surface area contributed by atoms with E-state index < -0.39 is 34.6 Å². The molecule has 0 aliphatic carbocycles. The monoisotopic (exact) mass is 486 g/mol. The topological polar surface area (TPSA) is 50.2 Å². The first-order chi connectivity index (χ1) is 16.5. The number of nitrogens with one attached hydrogen (secondary N) is 1. The van der Waals surface area contributed by atoms with Gasteiger partial charge in [-0.15, -0.1) is 0 Å². The largest absolute Gasteiger partial charge is 0.351 e. The zero-order chi connectivity index (χ0) is 25.4. The van der Waals surface area contributed by atoms with Crippen LogP contribution in [0.25, 0.3) is 5.57 Å². The van der Waals surface area contributed by atoms with E-state index in [-0.39, 0.29) is 23.6 Å². The van der Waals surface area contributed by atoms with Crippen molar-refractivity contribution in [1.29, 1.82) is 0 Å². The first-order valence-corrected chi connectivity index (χ1v) is 10.3. The number of anilines is 2. The number of likely N-dealkylation sites (N-methyl/N-ethyl adjacent to an activating group) is 1. The zero-order valence-electron chi connectivity index (χ0n) is 18.7. The van der Waals surface area contributed by atoms with E-state index in [1.165, 1.54) is 12.1 Å². The number of halogens is 5. The van der Waals surface area contributed by atoms with Crippen molar-refractivity contribution >= 4 is 17.2 Å². The van der Waals surface area contributed by atoms with Gasteiger partial charge in [0.15, 0.2) is 17.5 Å². The van der Waals surface area contributed by atoms with Crippen LogP contribution in [0.4, 0.5) is 33.6 Å². The zero-order valence-corrected chi connectivity index (χ0v) is 18.7. The third-order valence-corrected chi connectivity index (χ3v) is 5.51. The standard InChI is InChI=1S/C25H19F5N4O/c1-13-7-18(26)17(16-5-4-6-33(3)14(16)2)10-22(13)31-25-32-24(35)21(29)12-34(25)11-15-8-19(27)23(30)20(28)9-15/h4-10,12H,2,11H2,1,3H3,(H,31,32,35). The Bertz CT molecular complexity index is 1450. The maximum absolute atomic E-state index is 14.9. The van der Waals surface area contributed by atoms with Crippen LogP contribution in [0.5, 0.6) is 0 Å². The van der Waals surface area contributed by atoms with Gasteiger partial charge in [-0.3, -0.25) is 4.79 Å². The lowest BCUT2D eigenvalue weighted by atomic mass is 9.97. The van der Waals surface area contributed by atoms with Crippen LogP contribution in [-0.2, 0) is 6.54 Å². The van der Waals surface area contributed by atoms with Crippen LogP contribution in [0.1, 0.15) is 16.7 Å². The van der Waals surface area contributed by atoms with Crippen molar-refractivity contribution in [2.45, 2.75) is 13.5 Å². The lowest BCUT2D eigenvalue weighted by Gasteiger charge is -2.24. The minimum atomic E-state index is -1.63. The summed E-state index contributed by atoms with van der Waals surface area (Å²) in [5.74, 6) is -6.34. The minimum Gasteiger partial charge on any atom is -0.351 e. The summed E-state index contributed by atoms with van der Waals surface area (Å²) in [6.07, 6.45) is 6.00. The molecule has 0 radical (unpaired) electrons. The van der Waals surface area contributed by atoms with Crippen molar-refractivity contribution < 1.29 is 22.0 Å². The number of aryl methyl sites for hydroxylation is 1. The lowest BCUT2D eigenvalue weighted by Crippen LogP contribution is -2.20. The predicted molar refractivity (Wildman–Crippen MR) is 122 cm³/mol. The molecular formula is C25H19F5N4O. The van der Waals surface area contributed by atoms with E-state index >= 15 is 0 Å². The minimum absolute atomic E-state index is 0.0377. The van der Waals surface area contributed by atoms with Crippen molar-refractivity contribution in [1.82, 2.24) is 14.5 Å². The number of rotatable bonds is 5. The number of allylic oxidation sites excluding steroid dienone is 3. The molecule has 1 N–H and O–H groups in total. The van der Waals surface area contributed by atoms with Gasteiger partial charge in [0.05, 0.1) is 6.54 Å². The van der Waals surface area contributed by atoms with Crippen molar-refractivity contribution in [3.63, 3.8) is 0 Å². The number of hydrogen-bond acceptors (Lipinski definition) is 4. The molecule has 35 heavy (non-hydrogen) atoms. The molecule has 180 valence electrons. The van der Waals surface area contributed by atoms with Gasteiger partial charge in [0.1, 0.15) is 5.82 Å². The van der Waals surface area contributed by atoms with E-state index in [2.05, 4.69) is 16.9 Å². The highest BCUT2D eigenvalue weighted by molar-refractivity contribution is 5.82. The lowest BCUT2D eigenvalue weighted by molar-refractivity contribution is 0.444. The van der Waals surface area contributed by atoms with Gasteiger partial charge in [-0.2, -0.15) is 9.37 Å². The molecule has 0 saturated carbocycles. The average Bonchev–Trinajstić information content (AvgIpc) is 2.79. The molecule has 1 aromatic heterocycles. The summed E-state index contributed by atoms with van der Waals surface area (Å²) < 4.78 is 70.7. The Labute approximate surface area is 197 Å². The first kappa shape index (κ1) is 23.9. The highest BCUT2D eigenvalue weighted by atomic mass is 19.2. The molecule has 0 unspecified atom stereocenters. The SMILES string of the molecule is C=C1C(c2cc(Nc3nc(=O)c(F)cn3Cc3cc(F)c(F)c(F)c3)c(C)cc2F)=CC=CN1C. The smallest absolute Gasteiger partial charge is 0.310 e. The van der Waals surface area contributed by atoms with Crippen LogP contribution >= 0.6 is 0 Å². The molecule has 1 aliphatic rings. The predicted octanol–water partition coefficient (Wildman–Crippen LogP) is 5.40. The molecule has 0 saturated heterocycles. The second-order valence-corrected chi connectivity index (χ2v) is 7.97. The molecule has 0 atom stereocenters. The molecule has 0 amide bonds. The van der Waals surface area contributed by atoms with Crippen LogP contribution in [0.3, 0.4) is 0 Å². The second-order valence-electron chi connectivity index (χ2n) is 7.97. The molecule has 0 fully saturated rings. The number of nitrogens with zero attached hydrogens (tertiary/aromatic N) is 3. The van der Waals surface area contributed by atoms with Crippen molar-refractivity contribution in [2.75, 3.05) is 12.4 Å². The second kappa shape index (κ2) is 9.21. The quantitative estimate of drug-likeness (QED) is 0.388. The molecule has 3 aromatic rings. The van der Waals surface area contributed by atoms with Crippen LogP contribution in [0.15, 0.2) is 65.9 Å². The molecule has 0 spiro atoms. The van der Waals surface area contributed by atoms with Crippen LogP contribution in [0.2, 0.25) is 0 Å². The van der Waals surface area contributed by atoms with Gasteiger partial charge in [0, 0.05) is 42.0 Å². The Kier molecular flexibility index (Phi) is 6.29. The van der Waals surface area contributed by atoms with E-state index in [9.17, 15) is 26.7 Å². The number of aromatic nitrogens is 2. The number of hydrogen-bond donors (Lipinski definition) is 1. The fourth-order valence-electron chi connectivity index (χ4n) is 3.61. The van der Waals surface area contributed by atoms with Gasteiger partial charge in [-0.1, -0.05) is 12.7 Å². The summed E-state index contributed by atoms with van der Waals surface area (Å²) in [4.78, 5) is 17.3. The molecule has 10 heteroatoms. The summed E-state index contributed by atoms with van der Waals surface area (Å²) in [6, 6.07) is 4.28. The van der Waals surface area contributed by atoms with Crippen molar-refractivity contribution in [3.05, 3.63) is 117 Å². The van der Waals surface area contributed by atoms with Gasteiger partial charge >= 0.3 is 5.56 Å². The highest BCUT2D eigenvalue weighted by Crippen LogP contribution is 2.33. The summed E-state index contributed by atoms with van der Waals surface area (Å²) in [5.41, 5.74) is 0.880. The molecule has 1 aliphatic heterocycles. The Morgan fingerprint density at radius 3 is 2.37 bits per heavy atom. The van der Waals surface area contributed by atoms with E-state index in [1.807, 2.05) is 0 Å². The molecule has 4 rings (SSSR count). The fourth-order valence-corrected chi connectivity index (χ4v) is 3.61. The third-order valence-electron chi connectivity index (χ3n) is 5.51. The maximum Gasteiger partial charge on any atom is 0.310 e. The number of benzene rings is 2. The van der Waals surface area contributed by atoms with Crippen molar-refractivity contribution in [3.8, 4) is 0 Å². The normalized spacial score (nSPS) is 13.3. The maximum atomic E-state index is 14.9. The Balaban J connectivity index is 1.76. The summed E-state index contributed by atoms with van der Waals surface area (Å²) in [5, 5.41) is 2.87. The van der Waals surface area contributed by atoms with E-state index in [4.69, 9.17) is 0 Å². The molecule has 2 aromatic carbocycles. The molecule has 2 heterocycles. The summed E-state index contributed by atoms with van der Waals surface area (Å²) >= 11 is 0.